The van der Waals surface area contributed by atoms with Crippen LogP contribution < -0.4 is 11.5 Å². The number of nitrogens with zero attached hydrogens (tertiary/aromatic N) is 1. The van der Waals surface area contributed by atoms with Crippen LogP contribution in [0.1, 0.15) is 25.3 Å². The van der Waals surface area contributed by atoms with Gasteiger partial charge in [-0.1, -0.05) is 12.1 Å². The van der Waals surface area contributed by atoms with Gasteiger partial charge >= 0.3 is 0 Å². The summed E-state index contributed by atoms with van der Waals surface area (Å²) in [6, 6.07) is 8.55. The molecule has 4 nitrogen and oxygen atoms in total. The number of hydrogen-bond acceptors (Lipinski definition) is 3. The molecule has 0 bridgehead atoms. The SMILES string of the molecule is CC(Cc1ccc(N)cc1)N1CCC(C(N)=O)CC1. The quantitative estimate of drug-likeness (QED) is 0.805. The van der Waals surface area contributed by atoms with E-state index in [0.29, 0.717) is 6.04 Å². The Balaban J connectivity index is 1.86. The third-order valence-corrected chi connectivity index (χ3v) is 4.07. The first kappa shape index (κ1) is 13.9. The Hall–Kier alpha value is -1.55. The lowest BCUT2D eigenvalue weighted by molar-refractivity contribution is -0.123. The summed E-state index contributed by atoms with van der Waals surface area (Å²) in [6.07, 6.45) is 2.80. The number of carbonyl (C=O) groups is 1. The average molecular weight is 261 g/mol. The highest BCUT2D eigenvalue weighted by atomic mass is 16.1. The van der Waals surface area contributed by atoms with Crippen LogP contribution in [0.3, 0.4) is 0 Å². The van der Waals surface area contributed by atoms with Gasteiger partial charge < -0.3 is 16.4 Å². The van der Waals surface area contributed by atoms with Crippen LogP contribution in [-0.2, 0) is 11.2 Å². The van der Waals surface area contributed by atoms with Gasteiger partial charge in [0.05, 0.1) is 0 Å². The van der Waals surface area contributed by atoms with Gasteiger partial charge in [-0.25, -0.2) is 0 Å². The molecule has 1 saturated heterocycles. The number of benzene rings is 1. The predicted molar refractivity (Wildman–Crippen MR) is 77.5 cm³/mol. The lowest BCUT2D eigenvalue weighted by Crippen LogP contribution is -2.43. The molecule has 0 aliphatic carbocycles. The maximum Gasteiger partial charge on any atom is 0.220 e. The number of nitrogen functional groups attached to an aromatic ring is 1. The number of nitrogens with two attached hydrogens (primary N) is 2. The first-order valence-corrected chi connectivity index (χ1v) is 6.94. The lowest BCUT2D eigenvalue weighted by atomic mass is 9.94. The predicted octanol–water partition coefficient (Wildman–Crippen LogP) is 1.40. The van der Waals surface area contributed by atoms with Crippen molar-refractivity contribution in [2.45, 2.75) is 32.2 Å². The van der Waals surface area contributed by atoms with E-state index in [9.17, 15) is 4.79 Å². The number of rotatable bonds is 4. The minimum atomic E-state index is -0.147. The van der Waals surface area contributed by atoms with Crippen molar-refractivity contribution < 1.29 is 4.79 Å². The van der Waals surface area contributed by atoms with Crippen LogP contribution in [0.2, 0.25) is 0 Å². The van der Waals surface area contributed by atoms with Gasteiger partial charge in [0.25, 0.3) is 0 Å². The van der Waals surface area contributed by atoms with Crippen molar-refractivity contribution in [2.24, 2.45) is 11.7 Å². The molecule has 1 aromatic rings. The van der Waals surface area contributed by atoms with Gasteiger partial charge in [-0.05, 0) is 57.0 Å². The lowest BCUT2D eigenvalue weighted by Gasteiger charge is -2.35. The summed E-state index contributed by atoms with van der Waals surface area (Å²) in [5, 5.41) is 0. The fourth-order valence-corrected chi connectivity index (χ4v) is 2.75. The van der Waals surface area contributed by atoms with E-state index < -0.39 is 0 Å². The average Bonchev–Trinajstić information content (AvgIpc) is 2.41. The molecule has 1 aliphatic rings. The standard InChI is InChI=1S/C15H23N3O/c1-11(10-12-2-4-14(16)5-3-12)18-8-6-13(7-9-18)15(17)19/h2-5,11,13H,6-10,16H2,1H3,(H2,17,19). The van der Waals surface area contributed by atoms with E-state index >= 15 is 0 Å². The zero-order valence-corrected chi connectivity index (χ0v) is 11.5. The Morgan fingerprint density at radius 3 is 2.42 bits per heavy atom. The molecule has 0 saturated carbocycles. The van der Waals surface area contributed by atoms with Crippen molar-refractivity contribution in [3.8, 4) is 0 Å². The maximum absolute atomic E-state index is 11.1. The van der Waals surface area contributed by atoms with Gasteiger partial charge in [-0.3, -0.25) is 4.79 Å². The topological polar surface area (TPSA) is 72.3 Å². The van der Waals surface area contributed by atoms with Crippen molar-refractivity contribution >= 4 is 11.6 Å². The maximum atomic E-state index is 11.1. The van der Waals surface area contributed by atoms with Crippen LogP contribution in [0.5, 0.6) is 0 Å². The smallest absolute Gasteiger partial charge is 0.220 e. The monoisotopic (exact) mass is 261 g/mol. The third kappa shape index (κ3) is 3.70. The van der Waals surface area contributed by atoms with E-state index in [4.69, 9.17) is 11.5 Å². The first-order valence-electron chi connectivity index (χ1n) is 6.94. The molecule has 1 aliphatic heterocycles. The van der Waals surface area contributed by atoms with Gasteiger partial charge in [-0.2, -0.15) is 0 Å². The van der Waals surface area contributed by atoms with Gasteiger partial charge in [-0.15, -0.1) is 0 Å². The molecule has 1 atom stereocenters. The Bertz CT molecular complexity index is 422. The molecule has 1 heterocycles. The van der Waals surface area contributed by atoms with E-state index in [2.05, 4.69) is 24.0 Å². The molecule has 1 aromatic carbocycles. The van der Waals surface area contributed by atoms with Crippen molar-refractivity contribution in [3.05, 3.63) is 29.8 Å². The van der Waals surface area contributed by atoms with Gasteiger partial charge in [0, 0.05) is 17.6 Å². The molecular weight excluding hydrogens is 238 g/mol. The Kier molecular flexibility index (Phi) is 4.43. The number of likely N-dealkylation sites (tertiary alicyclic amines) is 1. The van der Waals surface area contributed by atoms with Crippen LogP contribution in [-0.4, -0.2) is 29.9 Å². The fourth-order valence-electron chi connectivity index (χ4n) is 2.75. The zero-order valence-electron chi connectivity index (χ0n) is 11.5. The highest BCUT2D eigenvalue weighted by Crippen LogP contribution is 2.20. The zero-order chi connectivity index (χ0) is 13.8. The van der Waals surface area contributed by atoms with Gasteiger partial charge in [0.15, 0.2) is 0 Å². The molecule has 4 N–H and O–H groups in total. The Morgan fingerprint density at radius 1 is 1.32 bits per heavy atom. The summed E-state index contributed by atoms with van der Waals surface area (Å²) < 4.78 is 0. The minimum Gasteiger partial charge on any atom is -0.399 e. The van der Waals surface area contributed by atoms with Crippen LogP contribution in [0.4, 0.5) is 5.69 Å². The van der Waals surface area contributed by atoms with E-state index in [1.54, 1.807) is 0 Å². The number of primary amides is 1. The molecular formula is C15H23N3O. The second-order valence-corrected chi connectivity index (χ2v) is 5.51. The Morgan fingerprint density at radius 2 is 1.89 bits per heavy atom. The summed E-state index contributed by atoms with van der Waals surface area (Å²) in [4.78, 5) is 13.6. The second kappa shape index (κ2) is 6.06. The summed E-state index contributed by atoms with van der Waals surface area (Å²) in [7, 11) is 0. The number of amides is 1. The van der Waals surface area contributed by atoms with Crippen LogP contribution in [0.15, 0.2) is 24.3 Å². The molecule has 0 aromatic heterocycles. The highest BCUT2D eigenvalue weighted by molar-refractivity contribution is 5.76. The molecule has 19 heavy (non-hydrogen) atoms. The van der Waals surface area contributed by atoms with Gasteiger partial charge in [0.2, 0.25) is 5.91 Å². The number of hydrogen-bond donors (Lipinski definition) is 2. The summed E-state index contributed by atoms with van der Waals surface area (Å²) in [5.74, 6) is -0.0780. The van der Waals surface area contributed by atoms with Crippen molar-refractivity contribution in [2.75, 3.05) is 18.8 Å². The number of anilines is 1. The Labute approximate surface area is 114 Å². The molecule has 1 fully saturated rings. The van der Waals surface area contributed by atoms with E-state index in [1.807, 2.05) is 12.1 Å². The molecule has 1 amide bonds. The molecule has 104 valence electrons. The minimum absolute atomic E-state index is 0.0694. The van der Waals surface area contributed by atoms with Crippen LogP contribution >= 0.6 is 0 Å². The second-order valence-electron chi connectivity index (χ2n) is 5.51. The molecule has 1 unspecified atom stereocenters. The number of piperidine rings is 1. The molecule has 0 spiro atoms. The largest absolute Gasteiger partial charge is 0.399 e. The van der Waals surface area contributed by atoms with E-state index in [-0.39, 0.29) is 11.8 Å². The molecule has 0 radical (unpaired) electrons. The van der Waals surface area contributed by atoms with E-state index in [0.717, 1.165) is 38.0 Å². The van der Waals surface area contributed by atoms with E-state index in [1.165, 1.54) is 5.56 Å². The van der Waals surface area contributed by atoms with Gasteiger partial charge in [0.1, 0.15) is 0 Å². The normalized spacial score (nSPS) is 19.2. The first-order chi connectivity index (χ1) is 9.06. The summed E-state index contributed by atoms with van der Waals surface area (Å²) in [5.41, 5.74) is 13.2. The van der Waals surface area contributed by atoms with Crippen molar-refractivity contribution in [1.29, 1.82) is 0 Å². The molecule has 2 rings (SSSR count). The van der Waals surface area contributed by atoms with Crippen molar-refractivity contribution in [1.82, 2.24) is 4.90 Å². The molecule has 4 heteroatoms. The number of carbonyl (C=O) groups excluding carboxylic acids is 1. The third-order valence-electron chi connectivity index (χ3n) is 4.07. The highest BCUT2D eigenvalue weighted by Gasteiger charge is 2.25. The van der Waals surface area contributed by atoms with Crippen molar-refractivity contribution in [3.63, 3.8) is 0 Å². The fraction of sp³-hybridized carbons (Fsp3) is 0.533. The summed E-state index contributed by atoms with van der Waals surface area (Å²) in [6.45, 7) is 4.16. The summed E-state index contributed by atoms with van der Waals surface area (Å²) >= 11 is 0. The van der Waals surface area contributed by atoms with Crippen LogP contribution in [0, 0.1) is 5.92 Å². The van der Waals surface area contributed by atoms with Crippen LogP contribution in [0.25, 0.3) is 0 Å².